The zero-order valence-electron chi connectivity index (χ0n) is 11.6. The first kappa shape index (κ1) is 16.4. The molecule has 1 unspecified atom stereocenters. The molecule has 0 aliphatic carbocycles. The van der Waals surface area contributed by atoms with Crippen LogP contribution in [0, 0.1) is 0 Å². The van der Waals surface area contributed by atoms with E-state index in [2.05, 4.69) is 0 Å². The first-order valence-electron chi connectivity index (χ1n) is 6.52. The second kappa shape index (κ2) is 7.37. The molecule has 0 saturated heterocycles. The summed E-state index contributed by atoms with van der Waals surface area (Å²) in [4.78, 5) is 0. The smallest absolute Gasteiger partial charge is 0.122 e. The minimum Gasteiger partial charge on any atom is -0.496 e. The van der Waals surface area contributed by atoms with Crippen molar-refractivity contribution in [3.63, 3.8) is 0 Å². The second-order valence-electron chi connectivity index (χ2n) is 4.82. The molecule has 5 heteroatoms. The van der Waals surface area contributed by atoms with Crippen molar-refractivity contribution < 1.29 is 4.74 Å². The molecule has 2 aromatic carbocycles. The monoisotopic (exact) mass is 343 g/mol. The molecule has 2 nitrogen and oxygen atoms in total. The lowest BCUT2D eigenvalue weighted by Crippen LogP contribution is -2.26. The molecule has 2 aromatic rings. The SMILES string of the molecule is COc1ccc(Cl)cc1CC(N)Cc1c(Cl)cccc1Cl. The molecule has 2 N–H and O–H groups in total. The summed E-state index contributed by atoms with van der Waals surface area (Å²) in [5.74, 6) is 0.778. The minimum atomic E-state index is -0.130. The Kier molecular flexibility index (Phi) is 5.77. The van der Waals surface area contributed by atoms with Gasteiger partial charge in [0, 0.05) is 21.1 Å². The summed E-state index contributed by atoms with van der Waals surface area (Å²) in [6, 6.07) is 10.8. The maximum absolute atomic E-state index is 6.23. The van der Waals surface area contributed by atoms with Gasteiger partial charge in [-0.2, -0.15) is 0 Å². The van der Waals surface area contributed by atoms with Gasteiger partial charge < -0.3 is 10.5 Å². The van der Waals surface area contributed by atoms with E-state index >= 15 is 0 Å². The predicted octanol–water partition coefficient (Wildman–Crippen LogP) is 4.77. The fourth-order valence-corrected chi connectivity index (χ4v) is 3.00. The van der Waals surface area contributed by atoms with Gasteiger partial charge in [0.05, 0.1) is 7.11 Å². The molecule has 0 bridgehead atoms. The molecular weight excluding hydrogens is 329 g/mol. The van der Waals surface area contributed by atoms with E-state index < -0.39 is 0 Å². The number of rotatable bonds is 5. The van der Waals surface area contributed by atoms with Crippen molar-refractivity contribution in [1.82, 2.24) is 0 Å². The highest BCUT2D eigenvalue weighted by Gasteiger charge is 2.14. The number of ether oxygens (including phenoxy) is 1. The Morgan fingerprint density at radius 2 is 1.71 bits per heavy atom. The van der Waals surface area contributed by atoms with Crippen molar-refractivity contribution in [2.24, 2.45) is 5.73 Å². The highest BCUT2D eigenvalue weighted by atomic mass is 35.5. The number of hydrogen-bond acceptors (Lipinski definition) is 2. The normalized spacial score (nSPS) is 12.2. The minimum absolute atomic E-state index is 0.130. The van der Waals surface area contributed by atoms with Crippen LogP contribution in [0.3, 0.4) is 0 Å². The second-order valence-corrected chi connectivity index (χ2v) is 6.08. The van der Waals surface area contributed by atoms with E-state index in [4.69, 9.17) is 45.3 Å². The molecular formula is C16H16Cl3NO. The van der Waals surface area contributed by atoms with Gasteiger partial charge in [0.1, 0.15) is 5.75 Å². The number of hydrogen-bond donors (Lipinski definition) is 1. The molecule has 0 aliphatic rings. The molecule has 0 fully saturated rings. The zero-order chi connectivity index (χ0) is 15.4. The van der Waals surface area contributed by atoms with E-state index in [-0.39, 0.29) is 6.04 Å². The van der Waals surface area contributed by atoms with E-state index in [9.17, 15) is 0 Å². The van der Waals surface area contributed by atoms with Gasteiger partial charge in [0.15, 0.2) is 0 Å². The van der Waals surface area contributed by atoms with Crippen LogP contribution in [0.15, 0.2) is 36.4 Å². The van der Waals surface area contributed by atoms with E-state index in [1.807, 2.05) is 30.3 Å². The summed E-state index contributed by atoms with van der Waals surface area (Å²) in [6.07, 6.45) is 1.22. The van der Waals surface area contributed by atoms with Gasteiger partial charge in [-0.05, 0) is 54.3 Å². The highest BCUT2D eigenvalue weighted by molar-refractivity contribution is 6.36. The van der Waals surface area contributed by atoms with Crippen LogP contribution in [0.2, 0.25) is 15.1 Å². The van der Waals surface area contributed by atoms with Crippen LogP contribution in [0.4, 0.5) is 0 Å². The van der Waals surface area contributed by atoms with Crippen molar-refractivity contribution >= 4 is 34.8 Å². The summed E-state index contributed by atoms with van der Waals surface area (Å²) in [5, 5.41) is 1.93. The molecule has 0 aromatic heterocycles. The highest BCUT2D eigenvalue weighted by Crippen LogP contribution is 2.28. The molecule has 112 valence electrons. The quantitative estimate of drug-likeness (QED) is 0.848. The molecule has 1 atom stereocenters. The molecule has 21 heavy (non-hydrogen) atoms. The van der Waals surface area contributed by atoms with E-state index in [1.165, 1.54) is 0 Å². The van der Waals surface area contributed by atoms with Gasteiger partial charge in [0.25, 0.3) is 0 Å². The van der Waals surface area contributed by atoms with Gasteiger partial charge >= 0.3 is 0 Å². The molecule has 0 amide bonds. The van der Waals surface area contributed by atoms with Crippen LogP contribution in [0.5, 0.6) is 5.75 Å². The van der Waals surface area contributed by atoms with Gasteiger partial charge in [-0.25, -0.2) is 0 Å². The van der Waals surface area contributed by atoms with Gasteiger partial charge in [-0.3, -0.25) is 0 Å². The Hall–Kier alpha value is -0.930. The lowest BCUT2D eigenvalue weighted by molar-refractivity contribution is 0.408. The Bertz CT molecular complexity index is 611. The van der Waals surface area contributed by atoms with Crippen LogP contribution in [0.25, 0.3) is 0 Å². The average molecular weight is 345 g/mol. The summed E-state index contributed by atoms with van der Waals surface area (Å²) in [5.41, 5.74) is 8.08. The Balaban J connectivity index is 2.15. The van der Waals surface area contributed by atoms with E-state index in [0.717, 1.165) is 16.9 Å². The predicted molar refractivity (Wildman–Crippen MR) is 89.8 cm³/mol. The van der Waals surface area contributed by atoms with E-state index in [0.29, 0.717) is 27.9 Å². The summed E-state index contributed by atoms with van der Waals surface area (Å²) in [6.45, 7) is 0. The van der Waals surface area contributed by atoms with Crippen LogP contribution < -0.4 is 10.5 Å². The molecule has 0 aliphatic heterocycles. The largest absolute Gasteiger partial charge is 0.496 e. The number of halogens is 3. The topological polar surface area (TPSA) is 35.2 Å². The molecule has 2 rings (SSSR count). The summed E-state index contributed by atoms with van der Waals surface area (Å²) >= 11 is 18.4. The van der Waals surface area contributed by atoms with Crippen LogP contribution in [-0.4, -0.2) is 13.2 Å². The number of nitrogens with two attached hydrogens (primary N) is 1. The van der Waals surface area contributed by atoms with Gasteiger partial charge in [-0.1, -0.05) is 40.9 Å². The maximum atomic E-state index is 6.23. The third-order valence-electron chi connectivity index (χ3n) is 3.25. The summed E-state index contributed by atoms with van der Waals surface area (Å²) < 4.78 is 5.33. The maximum Gasteiger partial charge on any atom is 0.122 e. The fraction of sp³-hybridized carbons (Fsp3) is 0.250. The van der Waals surface area contributed by atoms with Crippen LogP contribution >= 0.6 is 34.8 Å². The number of methoxy groups -OCH3 is 1. The Morgan fingerprint density at radius 3 is 2.33 bits per heavy atom. The molecule has 0 saturated carbocycles. The van der Waals surface area contributed by atoms with Crippen molar-refractivity contribution in [2.45, 2.75) is 18.9 Å². The third-order valence-corrected chi connectivity index (χ3v) is 4.20. The zero-order valence-corrected chi connectivity index (χ0v) is 13.8. The van der Waals surface area contributed by atoms with Crippen molar-refractivity contribution in [2.75, 3.05) is 7.11 Å². The first-order valence-corrected chi connectivity index (χ1v) is 7.65. The lowest BCUT2D eigenvalue weighted by Gasteiger charge is -2.16. The van der Waals surface area contributed by atoms with E-state index in [1.54, 1.807) is 13.2 Å². The van der Waals surface area contributed by atoms with Gasteiger partial charge in [-0.15, -0.1) is 0 Å². The Morgan fingerprint density at radius 1 is 1.05 bits per heavy atom. The standard InChI is InChI=1S/C16H16Cl3NO/c1-21-16-6-5-11(17)7-10(16)8-12(20)9-13-14(18)3-2-4-15(13)19/h2-7,12H,8-9,20H2,1H3. The fourth-order valence-electron chi connectivity index (χ4n) is 2.25. The average Bonchev–Trinajstić information content (AvgIpc) is 2.43. The molecule has 0 spiro atoms. The summed E-state index contributed by atoms with van der Waals surface area (Å²) in [7, 11) is 1.63. The van der Waals surface area contributed by atoms with Gasteiger partial charge in [0.2, 0.25) is 0 Å². The van der Waals surface area contributed by atoms with Crippen LogP contribution in [-0.2, 0) is 12.8 Å². The van der Waals surface area contributed by atoms with Crippen LogP contribution in [0.1, 0.15) is 11.1 Å². The molecule has 0 heterocycles. The number of benzene rings is 2. The third kappa shape index (κ3) is 4.27. The molecule has 0 radical (unpaired) electrons. The lowest BCUT2D eigenvalue weighted by atomic mass is 9.99. The first-order chi connectivity index (χ1) is 10.0. The Labute approximate surface area is 139 Å². The van der Waals surface area contributed by atoms with Crippen molar-refractivity contribution in [1.29, 1.82) is 0 Å². The van der Waals surface area contributed by atoms with Crippen molar-refractivity contribution in [3.05, 3.63) is 62.6 Å². The van der Waals surface area contributed by atoms with Crippen molar-refractivity contribution in [3.8, 4) is 5.75 Å².